The maximum absolute atomic E-state index is 13.4. The largest absolute Gasteiger partial charge is 0.386 e. The molecule has 2 nitrogen and oxygen atoms in total. The van der Waals surface area contributed by atoms with Crippen LogP contribution in [0, 0.1) is 12.7 Å². The van der Waals surface area contributed by atoms with Gasteiger partial charge >= 0.3 is 0 Å². The number of halogens is 2. The molecule has 0 saturated carbocycles. The Kier molecular flexibility index (Phi) is 4.09. The number of aryl methyl sites for hydroxylation is 1. The lowest BCUT2D eigenvalue weighted by atomic mass is 10.0. The summed E-state index contributed by atoms with van der Waals surface area (Å²) in [5.41, 5.74) is 2.18. The quantitative estimate of drug-likeness (QED) is 0.940. The van der Waals surface area contributed by atoms with Crippen LogP contribution in [0.15, 0.2) is 40.9 Å². The van der Waals surface area contributed by atoms with E-state index in [1.807, 2.05) is 19.1 Å². The van der Waals surface area contributed by atoms with Crippen molar-refractivity contribution in [3.63, 3.8) is 0 Å². The number of nitrogens with zero attached hydrogens (tertiary/aromatic N) is 1. The summed E-state index contributed by atoms with van der Waals surface area (Å²) in [5.74, 6) is -0.322. The van der Waals surface area contributed by atoms with Crippen LogP contribution in [0.2, 0.25) is 0 Å². The van der Waals surface area contributed by atoms with E-state index in [1.54, 1.807) is 18.2 Å². The first-order valence-electron chi connectivity index (χ1n) is 5.62. The van der Waals surface area contributed by atoms with Crippen LogP contribution < -0.4 is 0 Å². The summed E-state index contributed by atoms with van der Waals surface area (Å²) in [5, 5.41) is 10.1. The molecule has 4 heteroatoms. The highest BCUT2D eigenvalue weighted by Crippen LogP contribution is 2.25. The Bertz CT molecular complexity index is 559. The molecule has 0 spiro atoms. The van der Waals surface area contributed by atoms with Crippen molar-refractivity contribution in [2.45, 2.75) is 19.4 Å². The lowest BCUT2D eigenvalue weighted by molar-refractivity contribution is 0.173. The predicted octanol–water partition coefficient (Wildman–Crippen LogP) is 3.57. The van der Waals surface area contributed by atoms with Gasteiger partial charge < -0.3 is 5.11 Å². The maximum atomic E-state index is 13.4. The Morgan fingerprint density at radius 1 is 1.28 bits per heavy atom. The Balaban J connectivity index is 2.21. The van der Waals surface area contributed by atoms with Crippen molar-refractivity contribution >= 4 is 15.9 Å². The molecule has 0 aliphatic rings. The summed E-state index contributed by atoms with van der Waals surface area (Å²) in [6, 6.07) is 10.3. The summed E-state index contributed by atoms with van der Waals surface area (Å²) in [4.78, 5) is 4.26. The van der Waals surface area contributed by atoms with E-state index < -0.39 is 6.10 Å². The number of rotatable bonds is 3. The Morgan fingerprint density at radius 3 is 2.72 bits per heavy atom. The van der Waals surface area contributed by atoms with Gasteiger partial charge in [0.1, 0.15) is 5.82 Å². The van der Waals surface area contributed by atoms with Crippen LogP contribution in [0.4, 0.5) is 4.39 Å². The standard InChI is InChI=1S/C14H13BrFNO/c1-9-4-2-7-12(17-9)13(18)8-10-5-3-6-11(16)14(10)15/h2-7,13,18H,8H2,1H3. The third kappa shape index (κ3) is 2.94. The molecule has 94 valence electrons. The first kappa shape index (κ1) is 13.2. The summed E-state index contributed by atoms with van der Waals surface area (Å²) in [7, 11) is 0. The van der Waals surface area contributed by atoms with Crippen molar-refractivity contribution in [1.29, 1.82) is 0 Å². The van der Waals surface area contributed by atoms with Crippen LogP contribution in [0.5, 0.6) is 0 Å². The fourth-order valence-corrected chi connectivity index (χ4v) is 2.19. The zero-order valence-corrected chi connectivity index (χ0v) is 11.5. The summed E-state index contributed by atoms with van der Waals surface area (Å²) < 4.78 is 13.8. The highest BCUT2D eigenvalue weighted by Gasteiger charge is 2.13. The molecule has 0 saturated heterocycles. The molecule has 0 bridgehead atoms. The zero-order valence-electron chi connectivity index (χ0n) is 9.90. The van der Waals surface area contributed by atoms with Crippen LogP contribution in [0.3, 0.4) is 0 Å². The lowest BCUT2D eigenvalue weighted by Crippen LogP contribution is -2.05. The van der Waals surface area contributed by atoms with Crippen molar-refractivity contribution in [1.82, 2.24) is 4.98 Å². The van der Waals surface area contributed by atoms with Gasteiger partial charge in [0.2, 0.25) is 0 Å². The smallest absolute Gasteiger partial charge is 0.137 e. The van der Waals surface area contributed by atoms with Crippen LogP contribution in [-0.4, -0.2) is 10.1 Å². The van der Waals surface area contributed by atoms with E-state index in [0.29, 0.717) is 16.6 Å². The number of pyridine rings is 1. The number of hydrogen-bond acceptors (Lipinski definition) is 2. The van der Waals surface area contributed by atoms with Gasteiger partial charge in [0.15, 0.2) is 0 Å². The normalized spacial score (nSPS) is 12.4. The lowest BCUT2D eigenvalue weighted by Gasteiger charge is -2.12. The molecule has 1 aromatic carbocycles. The number of hydrogen-bond donors (Lipinski definition) is 1. The van der Waals surface area contributed by atoms with E-state index in [1.165, 1.54) is 6.07 Å². The third-order valence-corrected chi connectivity index (χ3v) is 3.58. The van der Waals surface area contributed by atoms with E-state index in [9.17, 15) is 9.50 Å². The van der Waals surface area contributed by atoms with Crippen molar-refractivity contribution in [2.24, 2.45) is 0 Å². The minimum atomic E-state index is -0.733. The number of aromatic nitrogens is 1. The van der Waals surface area contributed by atoms with Crippen LogP contribution in [0.25, 0.3) is 0 Å². The number of aliphatic hydroxyl groups excluding tert-OH is 1. The fourth-order valence-electron chi connectivity index (χ4n) is 1.77. The summed E-state index contributed by atoms with van der Waals surface area (Å²) in [6.45, 7) is 1.87. The van der Waals surface area contributed by atoms with Crippen LogP contribution in [0.1, 0.15) is 23.1 Å². The SMILES string of the molecule is Cc1cccc(C(O)Cc2cccc(F)c2Br)n1. The molecule has 0 radical (unpaired) electrons. The Morgan fingerprint density at radius 2 is 2.00 bits per heavy atom. The first-order valence-corrected chi connectivity index (χ1v) is 6.41. The van der Waals surface area contributed by atoms with Gasteiger partial charge in [-0.25, -0.2) is 4.39 Å². The Labute approximate surface area is 114 Å². The molecule has 1 aromatic heterocycles. The fraction of sp³-hybridized carbons (Fsp3) is 0.214. The van der Waals surface area contributed by atoms with E-state index in [0.717, 1.165) is 11.3 Å². The van der Waals surface area contributed by atoms with Gasteiger partial charge in [0.05, 0.1) is 16.3 Å². The maximum Gasteiger partial charge on any atom is 0.137 e. The van der Waals surface area contributed by atoms with E-state index in [2.05, 4.69) is 20.9 Å². The predicted molar refractivity (Wildman–Crippen MR) is 71.7 cm³/mol. The average Bonchev–Trinajstić information content (AvgIpc) is 2.35. The van der Waals surface area contributed by atoms with Crippen molar-refractivity contribution in [3.8, 4) is 0 Å². The minimum absolute atomic E-state index is 0.322. The van der Waals surface area contributed by atoms with Gasteiger partial charge in [-0.1, -0.05) is 18.2 Å². The van der Waals surface area contributed by atoms with Gasteiger partial charge in [-0.3, -0.25) is 4.98 Å². The number of aliphatic hydroxyl groups is 1. The highest BCUT2D eigenvalue weighted by atomic mass is 79.9. The first-order chi connectivity index (χ1) is 8.58. The molecule has 0 amide bonds. The van der Waals surface area contributed by atoms with E-state index in [4.69, 9.17) is 0 Å². The molecule has 2 rings (SSSR count). The molecular formula is C14H13BrFNO. The molecule has 1 unspecified atom stereocenters. The summed E-state index contributed by atoms with van der Waals surface area (Å²) in [6.07, 6.45) is -0.405. The monoisotopic (exact) mass is 309 g/mol. The topological polar surface area (TPSA) is 33.1 Å². The van der Waals surface area contributed by atoms with Gasteiger partial charge in [0.25, 0.3) is 0 Å². The van der Waals surface area contributed by atoms with Gasteiger partial charge in [-0.15, -0.1) is 0 Å². The van der Waals surface area contributed by atoms with E-state index >= 15 is 0 Å². The molecule has 0 aliphatic carbocycles. The second-order valence-corrected chi connectivity index (χ2v) is 4.93. The van der Waals surface area contributed by atoms with E-state index in [-0.39, 0.29) is 5.82 Å². The van der Waals surface area contributed by atoms with Crippen molar-refractivity contribution in [3.05, 3.63) is 63.6 Å². The Hall–Kier alpha value is -1.26. The average molecular weight is 310 g/mol. The molecular weight excluding hydrogens is 297 g/mol. The molecule has 0 aliphatic heterocycles. The molecule has 18 heavy (non-hydrogen) atoms. The van der Waals surface area contributed by atoms with Crippen molar-refractivity contribution < 1.29 is 9.50 Å². The zero-order chi connectivity index (χ0) is 13.1. The second kappa shape index (κ2) is 5.59. The summed E-state index contributed by atoms with van der Waals surface area (Å²) >= 11 is 3.19. The number of benzene rings is 1. The van der Waals surface area contributed by atoms with Gasteiger partial charge in [-0.05, 0) is 46.6 Å². The van der Waals surface area contributed by atoms with Crippen LogP contribution >= 0.6 is 15.9 Å². The van der Waals surface area contributed by atoms with Gasteiger partial charge in [0, 0.05) is 12.1 Å². The minimum Gasteiger partial charge on any atom is -0.386 e. The second-order valence-electron chi connectivity index (χ2n) is 4.14. The molecule has 2 aromatic rings. The molecule has 1 heterocycles. The molecule has 1 atom stereocenters. The third-order valence-electron chi connectivity index (χ3n) is 2.70. The van der Waals surface area contributed by atoms with Crippen LogP contribution in [-0.2, 0) is 6.42 Å². The van der Waals surface area contributed by atoms with Crippen molar-refractivity contribution in [2.75, 3.05) is 0 Å². The molecule has 0 fully saturated rings. The molecule has 1 N–H and O–H groups in total. The van der Waals surface area contributed by atoms with Gasteiger partial charge in [-0.2, -0.15) is 0 Å². The highest BCUT2D eigenvalue weighted by molar-refractivity contribution is 9.10.